The Bertz CT molecular complexity index is 745. The molecular weight excluding hydrogens is 312 g/mol. The summed E-state index contributed by atoms with van der Waals surface area (Å²) < 4.78 is 5.44. The van der Waals surface area contributed by atoms with Crippen LogP contribution in [-0.4, -0.2) is 47.2 Å². The maximum atomic E-state index is 5.44. The summed E-state index contributed by atoms with van der Waals surface area (Å²) in [6.45, 7) is 4.37. The lowest BCUT2D eigenvalue weighted by Gasteiger charge is -2.36. The van der Waals surface area contributed by atoms with Crippen molar-refractivity contribution in [3.8, 4) is 0 Å². The molecule has 0 N–H and O–H groups in total. The van der Waals surface area contributed by atoms with Crippen LogP contribution in [0.1, 0.15) is 35.7 Å². The Labute approximate surface area is 148 Å². The molecule has 0 amide bonds. The van der Waals surface area contributed by atoms with E-state index >= 15 is 0 Å². The molecule has 1 aromatic heterocycles. The topological polar surface area (TPSA) is 41.5 Å². The van der Waals surface area contributed by atoms with Crippen LogP contribution >= 0.6 is 0 Å². The minimum Gasteiger partial charge on any atom is -0.378 e. The van der Waals surface area contributed by atoms with E-state index in [1.54, 1.807) is 0 Å². The number of anilines is 1. The van der Waals surface area contributed by atoms with Gasteiger partial charge in [-0.15, -0.1) is 0 Å². The van der Waals surface area contributed by atoms with Crippen molar-refractivity contribution >= 4 is 5.95 Å². The van der Waals surface area contributed by atoms with Gasteiger partial charge in [0.2, 0.25) is 5.95 Å². The highest BCUT2D eigenvalue weighted by Crippen LogP contribution is 2.43. The molecule has 0 radical (unpaired) electrons. The van der Waals surface area contributed by atoms with Crippen LogP contribution in [0.2, 0.25) is 0 Å². The Morgan fingerprint density at radius 2 is 1.92 bits per heavy atom. The summed E-state index contributed by atoms with van der Waals surface area (Å²) in [5.74, 6) is 0.887. The smallest absolute Gasteiger partial charge is 0.225 e. The summed E-state index contributed by atoms with van der Waals surface area (Å²) >= 11 is 0. The Morgan fingerprint density at radius 3 is 2.76 bits per heavy atom. The van der Waals surface area contributed by atoms with Crippen LogP contribution in [0.15, 0.2) is 36.5 Å². The number of nitrogens with zero attached hydrogens (tertiary/aromatic N) is 4. The highest BCUT2D eigenvalue weighted by atomic mass is 16.5. The minimum atomic E-state index is 0.479. The van der Waals surface area contributed by atoms with E-state index in [0.29, 0.717) is 12.1 Å². The van der Waals surface area contributed by atoms with Crippen LogP contribution in [-0.2, 0) is 17.7 Å². The van der Waals surface area contributed by atoms with Crippen molar-refractivity contribution in [3.63, 3.8) is 0 Å². The van der Waals surface area contributed by atoms with E-state index in [1.807, 2.05) is 0 Å². The van der Waals surface area contributed by atoms with E-state index in [9.17, 15) is 0 Å². The summed E-state index contributed by atoms with van der Waals surface area (Å²) in [6.07, 6.45) is 5.64. The lowest BCUT2D eigenvalue weighted by Crippen LogP contribution is -2.40. The Balaban J connectivity index is 1.40. The van der Waals surface area contributed by atoms with Crippen LogP contribution in [0, 0.1) is 0 Å². The minimum absolute atomic E-state index is 0.479. The van der Waals surface area contributed by atoms with E-state index in [1.165, 1.54) is 29.7 Å². The SMILES string of the molecule is c1ccc(CN2[C@H]3CC[C@@H]2c2cnc(N4CCOCC4)nc2C3)cc1. The van der Waals surface area contributed by atoms with E-state index < -0.39 is 0 Å². The maximum absolute atomic E-state index is 5.44. The molecule has 3 aliphatic heterocycles. The maximum Gasteiger partial charge on any atom is 0.225 e. The molecule has 25 heavy (non-hydrogen) atoms. The van der Waals surface area contributed by atoms with Crippen molar-refractivity contribution in [1.29, 1.82) is 0 Å². The molecule has 1 aromatic carbocycles. The lowest BCUT2D eigenvalue weighted by atomic mass is 9.98. The first kappa shape index (κ1) is 15.3. The van der Waals surface area contributed by atoms with Gasteiger partial charge in [0.25, 0.3) is 0 Å². The first-order chi connectivity index (χ1) is 12.4. The average molecular weight is 336 g/mol. The number of rotatable bonds is 3. The fourth-order valence-corrected chi connectivity index (χ4v) is 4.52. The number of ether oxygens (including phenoxy) is 1. The monoisotopic (exact) mass is 336 g/mol. The Kier molecular flexibility index (Phi) is 3.91. The lowest BCUT2D eigenvalue weighted by molar-refractivity contribution is 0.122. The molecule has 130 valence electrons. The highest BCUT2D eigenvalue weighted by Gasteiger charge is 2.40. The van der Waals surface area contributed by atoms with Crippen LogP contribution in [0.3, 0.4) is 0 Å². The molecule has 4 heterocycles. The van der Waals surface area contributed by atoms with Crippen LogP contribution < -0.4 is 4.90 Å². The molecule has 0 aliphatic carbocycles. The van der Waals surface area contributed by atoms with Crippen molar-refractivity contribution in [1.82, 2.24) is 14.9 Å². The molecule has 5 rings (SSSR count). The predicted molar refractivity (Wildman–Crippen MR) is 96.5 cm³/mol. The van der Waals surface area contributed by atoms with Gasteiger partial charge in [-0.05, 0) is 18.4 Å². The summed E-state index contributed by atoms with van der Waals surface area (Å²) in [6, 6.07) is 11.9. The molecule has 2 saturated heterocycles. The van der Waals surface area contributed by atoms with Gasteiger partial charge in [-0.3, -0.25) is 4.90 Å². The largest absolute Gasteiger partial charge is 0.378 e. The standard InChI is InChI=1S/C20H24N4O/c1-2-4-15(5-3-1)14-24-16-6-7-19(24)17-13-21-20(22-18(17)12-16)23-8-10-25-11-9-23/h1-5,13,16,19H,6-12,14H2/t16-,19+/m0/s1. The van der Waals surface area contributed by atoms with E-state index in [4.69, 9.17) is 14.7 Å². The van der Waals surface area contributed by atoms with Crippen molar-refractivity contribution in [2.75, 3.05) is 31.2 Å². The van der Waals surface area contributed by atoms with Gasteiger partial charge in [-0.2, -0.15) is 0 Å². The van der Waals surface area contributed by atoms with Crippen molar-refractivity contribution < 1.29 is 4.74 Å². The molecule has 3 aliphatic rings. The fourth-order valence-electron chi connectivity index (χ4n) is 4.52. The van der Waals surface area contributed by atoms with Crippen molar-refractivity contribution in [3.05, 3.63) is 53.3 Å². The molecule has 5 heteroatoms. The second kappa shape index (κ2) is 6.39. The van der Waals surface area contributed by atoms with Gasteiger partial charge in [0.05, 0.1) is 18.9 Å². The third kappa shape index (κ3) is 2.81. The van der Waals surface area contributed by atoms with Crippen molar-refractivity contribution in [2.24, 2.45) is 0 Å². The number of hydrogen-bond acceptors (Lipinski definition) is 5. The molecule has 2 fully saturated rings. The number of hydrogen-bond donors (Lipinski definition) is 0. The Morgan fingerprint density at radius 1 is 1.08 bits per heavy atom. The zero-order valence-electron chi connectivity index (χ0n) is 14.5. The van der Waals surface area contributed by atoms with E-state index in [-0.39, 0.29) is 0 Å². The summed E-state index contributed by atoms with van der Waals surface area (Å²) in [4.78, 5) is 14.6. The van der Waals surface area contributed by atoms with Crippen molar-refractivity contribution in [2.45, 2.75) is 37.9 Å². The first-order valence-corrected chi connectivity index (χ1v) is 9.36. The van der Waals surface area contributed by atoms with Crippen LogP contribution in [0.25, 0.3) is 0 Å². The molecule has 0 spiro atoms. The molecule has 2 atom stereocenters. The van der Waals surface area contributed by atoms with Gasteiger partial charge in [0, 0.05) is 49.9 Å². The van der Waals surface area contributed by atoms with E-state index in [2.05, 4.69) is 46.3 Å². The van der Waals surface area contributed by atoms with Gasteiger partial charge in [-0.25, -0.2) is 9.97 Å². The number of benzene rings is 1. The zero-order valence-corrected chi connectivity index (χ0v) is 14.5. The van der Waals surface area contributed by atoms with Gasteiger partial charge in [0.1, 0.15) is 0 Å². The molecule has 0 unspecified atom stereocenters. The second-order valence-corrected chi connectivity index (χ2v) is 7.28. The van der Waals surface area contributed by atoms with Gasteiger partial charge in [-0.1, -0.05) is 30.3 Å². The molecule has 5 nitrogen and oxygen atoms in total. The first-order valence-electron chi connectivity index (χ1n) is 9.36. The number of morpholine rings is 1. The third-order valence-electron chi connectivity index (χ3n) is 5.82. The summed E-state index contributed by atoms with van der Waals surface area (Å²) in [7, 11) is 0. The highest BCUT2D eigenvalue weighted by molar-refractivity contribution is 5.37. The second-order valence-electron chi connectivity index (χ2n) is 7.28. The third-order valence-corrected chi connectivity index (χ3v) is 5.82. The van der Waals surface area contributed by atoms with E-state index in [0.717, 1.165) is 45.2 Å². The molecule has 2 aromatic rings. The molecule has 2 bridgehead atoms. The summed E-state index contributed by atoms with van der Waals surface area (Å²) in [5.41, 5.74) is 4.02. The average Bonchev–Trinajstić information content (AvgIpc) is 2.95. The fraction of sp³-hybridized carbons (Fsp3) is 0.500. The quantitative estimate of drug-likeness (QED) is 0.862. The molecule has 0 saturated carbocycles. The Hall–Kier alpha value is -1.98. The summed E-state index contributed by atoms with van der Waals surface area (Å²) in [5, 5.41) is 0. The predicted octanol–water partition coefficient (Wildman–Crippen LogP) is 2.58. The van der Waals surface area contributed by atoms with Gasteiger partial charge >= 0.3 is 0 Å². The van der Waals surface area contributed by atoms with Gasteiger partial charge < -0.3 is 9.64 Å². The molecular formula is C20H24N4O. The van der Waals surface area contributed by atoms with Crippen LogP contribution in [0.5, 0.6) is 0 Å². The number of fused-ring (bicyclic) bond motifs is 4. The van der Waals surface area contributed by atoms with Crippen LogP contribution in [0.4, 0.5) is 5.95 Å². The normalized spacial score (nSPS) is 25.8. The number of aromatic nitrogens is 2. The van der Waals surface area contributed by atoms with Gasteiger partial charge in [0.15, 0.2) is 0 Å². The zero-order chi connectivity index (χ0) is 16.6.